The van der Waals surface area contributed by atoms with E-state index in [1.54, 1.807) is 0 Å². The van der Waals surface area contributed by atoms with Crippen molar-refractivity contribution in [2.24, 2.45) is 0 Å². The summed E-state index contributed by atoms with van der Waals surface area (Å²) in [5.41, 5.74) is 1.59. The summed E-state index contributed by atoms with van der Waals surface area (Å²) >= 11 is 0. The van der Waals surface area contributed by atoms with E-state index in [1.165, 1.54) is 0 Å². The van der Waals surface area contributed by atoms with Crippen LogP contribution in [0.5, 0.6) is 5.75 Å². The van der Waals surface area contributed by atoms with Crippen molar-refractivity contribution in [2.45, 2.75) is 13.3 Å². The third kappa shape index (κ3) is 4.86. The van der Waals surface area contributed by atoms with Crippen molar-refractivity contribution in [3.05, 3.63) is 60.2 Å². The van der Waals surface area contributed by atoms with E-state index in [0.717, 1.165) is 11.4 Å². The number of Topliss-reactive ketones (excluding diaryl/α,β-unsaturated/α-hetero) is 1. The largest absolute Gasteiger partial charge is 0.494 e. The quantitative estimate of drug-likeness (QED) is 0.698. The van der Waals surface area contributed by atoms with E-state index >= 15 is 0 Å². The highest BCUT2D eigenvalue weighted by Crippen LogP contribution is 2.20. The van der Waals surface area contributed by atoms with Gasteiger partial charge in [-0.25, -0.2) is 0 Å². The van der Waals surface area contributed by atoms with Gasteiger partial charge in [0.2, 0.25) is 0 Å². The van der Waals surface area contributed by atoms with Gasteiger partial charge < -0.3 is 9.64 Å². The van der Waals surface area contributed by atoms with Crippen LogP contribution in [-0.2, 0) is 0 Å². The molecule has 4 nitrogen and oxygen atoms in total. The van der Waals surface area contributed by atoms with Crippen molar-refractivity contribution in [2.75, 3.05) is 24.6 Å². The Bertz CT molecular complexity index is 660. The van der Waals surface area contributed by atoms with Gasteiger partial charge in [0, 0.05) is 17.8 Å². The van der Waals surface area contributed by atoms with Gasteiger partial charge >= 0.3 is 0 Å². The molecule has 2 aromatic carbocycles. The maximum atomic E-state index is 12.4. The maximum absolute atomic E-state index is 12.4. The number of carbonyl (C=O) groups excluding carboxylic acids is 1. The van der Waals surface area contributed by atoms with Crippen molar-refractivity contribution < 1.29 is 9.53 Å². The summed E-state index contributed by atoms with van der Waals surface area (Å²) in [6.07, 6.45) is 0.370. The van der Waals surface area contributed by atoms with Crippen LogP contribution in [0.15, 0.2) is 54.6 Å². The molecule has 0 aromatic heterocycles. The second kappa shape index (κ2) is 8.60. The van der Waals surface area contributed by atoms with E-state index in [9.17, 15) is 4.79 Å². The molecule has 4 heteroatoms. The van der Waals surface area contributed by atoms with Gasteiger partial charge in [0.05, 0.1) is 25.6 Å². The maximum Gasteiger partial charge on any atom is 0.182 e. The molecule has 2 rings (SSSR count). The zero-order chi connectivity index (χ0) is 16.5. The number of carbonyl (C=O) groups is 1. The number of benzene rings is 2. The van der Waals surface area contributed by atoms with Gasteiger partial charge in [0.1, 0.15) is 5.75 Å². The van der Waals surface area contributed by atoms with Gasteiger partial charge in [-0.15, -0.1) is 0 Å². The molecule has 0 saturated carbocycles. The monoisotopic (exact) mass is 308 g/mol. The lowest BCUT2D eigenvalue weighted by Crippen LogP contribution is -2.30. The zero-order valence-corrected chi connectivity index (χ0v) is 13.2. The van der Waals surface area contributed by atoms with Crippen LogP contribution in [0.25, 0.3) is 0 Å². The molecule has 118 valence electrons. The van der Waals surface area contributed by atoms with Gasteiger partial charge in [-0.2, -0.15) is 5.26 Å². The molecule has 0 aliphatic carbocycles. The number of ether oxygens (including phenoxy) is 1. The van der Waals surface area contributed by atoms with E-state index in [0.29, 0.717) is 25.1 Å². The number of nitriles is 1. The minimum absolute atomic E-state index is 0.0393. The van der Waals surface area contributed by atoms with Crippen LogP contribution >= 0.6 is 0 Å². The number of anilines is 1. The first kappa shape index (κ1) is 16.6. The lowest BCUT2D eigenvalue weighted by atomic mass is 10.1. The predicted molar refractivity (Wildman–Crippen MR) is 90.8 cm³/mol. The molecule has 0 unspecified atom stereocenters. The normalized spacial score (nSPS) is 9.91. The molecule has 2 aromatic rings. The summed E-state index contributed by atoms with van der Waals surface area (Å²) in [5.74, 6) is 0.836. The van der Waals surface area contributed by atoms with Gasteiger partial charge in [-0.05, 0) is 31.2 Å². The highest BCUT2D eigenvalue weighted by atomic mass is 16.5. The van der Waals surface area contributed by atoms with Crippen LogP contribution in [0.2, 0.25) is 0 Å². The van der Waals surface area contributed by atoms with E-state index in [-0.39, 0.29) is 12.3 Å². The predicted octanol–water partition coefficient (Wildman–Crippen LogP) is 3.69. The van der Waals surface area contributed by atoms with Crippen LogP contribution in [0.1, 0.15) is 23.7 Å². The molecule has 0 aliphatic heterocycles. The first-order valence-electron chi connectivity index (χ1n) is 7.67. The van der Waals surface area contributed by atoms with E-state index in [1.807, 2.05) is 66.4 Å². The highest BCUT2D eigenvalue weighted by molar-refractivity contribution is 5.99. The second-order valence-corrected chi connectivity index (χ2v) is 5.05. The molecule has 0 saturated heterocycles. The SMILES string of the molecule is CCOc1ccc(N(CCC#N)CC(=O)c2ccccc2)cc1. The Labute approximate surface area is 136 Å². The van der Waals surface area contributed by atoms with Crippen LogP contribution in [0.3, 0.4) is 0 Å². The molecule has 23 heavy (non-hydrogen) atoms. The fraction of sp³-hybridized carbons (Fsp3) is 0.263. The van der Waals surface area contributed by atoms with Crippen molar-refractivity contribution in [3.8, 4) is 11.8 Å². The number of nitrogens with zero attached hydrogens (tertiary/aromatic N) is 2. The fourth-order valence-corrected chi connectivity index (χ4v) is 2.29. The molecule has 0 aliphatic rings. The smallest absolute Gasteiger partial charge is 0.182 e. The summed E-state index contributed by atoms with van der Waals surface area (Å²) in [6, 6.07) is 18.9. The first-order chi connectivity index (χ1) is 11.2. The Morgan fingerprint density at radius 3 is 2.43 bits per heavy atom. The lowest BCUT2D eigenvalue weighted by Gasteiger charge is -2.23. The number of ketones is 1. The van der Waals surface area contributed by atoms with E-state index < -0.39 is 0 Å². The Hall–Kier alpha value is -2.80. The number of hydrogen-bond donors (Lipinski definition) is 0. The summed E-state index contributed by atoms with van der Waals surface area (Å²) in [4.78, 5) is 14.3. The van der Waals surface area contributed by atoms with Crippen molar-refractivity contribution in [1.29, 1.82) is 5.26 Å². The molecule has 0 atom stereocenters. The van der Waals surface area contributed by atoms with Gasteiger partial charge in [-0.3, -0.25) is 4.79 Å². The Morgan fingerprint density at radius 1 is 1.13 bits per heavy atom. The fourth-order valence-electron chi connectivity index (χ4n) is 2.29. The minimum atomic E-state index is 0.0393. The highest BCUT2D eigenvalue weighted by Gasteiger charge is 2.13. The number of hydrogen-bond acceptors (Lipinski definition) is 4. The molecule has 0 spiro atoms. The summed E-state index contributed by atoms with van der Waals surface area (Å²) in [7, 11) is 0. The van der Waals surface area contributed by atoms with Crippen LogP contribution in [0, 0.1) is 11.3 Å². The van der Waals surface area contributed by atoms with E-state index in [2.05, 4.69) is 6.07 Å². The molecule has 0 bridgehead atoms. The number of rotatable bonds is 8. The van der Waals surface area contributed by atoms with Gasteiger partial charge in [0.25, 0.3) is 0 Å². The van der Waals surface area contributed by atoms with Crippen LogP contribution in [-0.4, -0.2) is 25.5 Å². The first-order valence-corrected chi connectivity index (χ1v) is 7.67. The van der Waals surface area contributed by atoms with Crippen molar-refractivity contribution in [1.82, 2.24) is 0 Å². The Kier molecular flexibility index (Phi) is 6.19. The molecular weight excluding hydrogens is 288 g/mol. The van der Waals surface area contributed by atoms with Gasteiger partial charge in [0.15, 0.2) is 5.78 Å². The molecular formula is C19H20N2O2. The second-order valence-electron chi connectivity index (χ2n) is 5.05. The molecule has 0 fully saturated rings. The minimum Gasteiger partial charge on any atom is -0.494 e. The van der Waals surface area contributed by atoms with Crippen LogP contribution < -0.4 is 9.64 Å². The molecule has 0 radical (unpaired) electrons. The van der Waals surface area contributed by atoms with Crippen molar-refractivity contribution >= 4 is 11.5 Å². The Balaban J connectivity index is 2.13. The standard InChI is InChI=1S/C19H20N2O2/c1-2-23-18-11-9-17(10-12-18)21(14-6-13-20)15-19(22)16-7-4-3-5-8-16/h3-5,7-12H,2,6,14-15H2,1H3. The third-order valence-electron chi connectivity index (χ3n) is 3.44. The van der Waals surface area contributed by atoms with Gasteiger partial charge in [-0.1, -0.05) is 30.3 Å². The topological polar surface area (TPSA) is 53.3 Å². The summed E-state index contributed by atoms with van der Waals surface area (Å²) < 4.78 is 5.43. The summed E-state index contributed by atoms with van der Waals surface area (Å²) in [6.45, 7) is 3.32. The Morgan fingerprint density at radius 2 is 1.83 bits per heavy atom. The summed E-state index contributed by atoms with van der Waals surface area (Å²) in [5, 5.41) is 8.85. The average molecular weight is 308 g/mol. The molecule has 0 heterocycles. The molecule has 0 amide bonds. The third-order valence-corrected chi connectivity index (χ3v) is 3.44. The molecule has 0 N–H and O–H groups in total. The van der Waals surface area contributed by atoms with Crippen LogP contribution in [0.4, 0.5) is 5.69 Å². The lowest BCUT2D eigenvalue weighted by molar-refractivity contribution is 0.0999. The van der Waals surface area contributed by atoms with Crippen molar-refractivity contribution in [3.63, 3.8) is 0 Å². The average Bonchev–Trinajstić information content (AvgIpc) is 2.60. The van der Waals surface area contributed by atoms with E-state index in [4.69, 9.17) is 10.00 Å². The zero-order valence-electron chi connectivity index (χ0n) is 13.2.